The van der Waals surface area contributed by atoms with E-state index in [4.69, 9.17) is 4.74 Å². The van der Waals surface area contributed by atoms with Crippen LogP contribution in [0.25, 0.3) is 0 Å². The van der Waals surface area contributed by atoms with Crippen LogP contribution in [0.5, 0.6) is 0 Å². The summed E-state index contributed by atoms with van der Waals surface area (Å²) >= 11 is 0. The standard InChI is InChI=1S/C19H34N2O3/c1-15-6-5-11-21(14-15)17(22)8-7-16-9-12-20(13-10-16)18(23)24-19(2,3)4/h15-16H,5-14H2,1-4H3/t15-/m1/s1. The SMILES string of the molecule is C[C@@H]1CCCN(C(=O)CCC2CCN(C(=O)OC(C)(C)C)CC2)C1. The molecule has 5 heteroatoms. The average molecular weight is 338 g/mol. The zero-order valence-corrected chi connectivity index (χ0v) is 15.8. The van der Waals surface area contributed by atoms with E-state index < -0.39 is 5.60 Å². The minimum atomic E-state index is -0.439. The molecule has 2 aliphatic rings. The number of hydrogen-bond acceptors (Lipinski definition) is 3. The van der Waals surface area contributed by atoms with Gasteiger partial charge in [-0.15, -0.1) is 0 Å². The summed E-state index contributed by atoms with van der Waals surface area (Å²) in [7, 11) is 0. The molecule has 0 spiro atoms. The van der Waals surface area contributed by atoms with E-state index in [2.05, 4.69) is 6.92 Å². The van der Waals surface area contributed by atoms with Crippen LogP contribution < -0.4 is 0 Å². The van der Waals surface area contributed by atoms with Gasteiger partial charge in [-0.05, 0) is 64.7 Å². The van der Waals surface area contributed by atoms with Crippen LogP contribution in [0.3, 0.4) is 0 Å². The highest BCUT2D eigenvalue weighted by Gasteiger charge is 2.28. The van der Waals surface area contributed by atoms with Crippen LogP contribution in [0.2, 0.25) is 0 Å². The second kappa shape index (κ2) is 8.21. The smallest absolute Gasteiger partial charge is 0.410 e. The van der Waals surface area contributed by atoms with E-state index in [0.29, 0.717) is 24.2 Å². The molecule has 2 amide bonds. The Labute approximate surface area is 146 Å². The maximum Gasteiger partial charge on any atom is 0.410 e. The Bertz CT molecular complexity index is 436. The normalized spacial score (nSPS) is 23.2. The number of piperidine rings is 2. The first kappa shape index (κ1) is 19.1. The monoisotopic (exact) mass is 338 g/mol. The van der Waals surface area contributed by atoms with E-state index in [1.54, 1.807) is 4.90 Å². The molecule has 0 aromatic carbocycles. The zero-order valence-electron chi connectivity index (χ0n) is 15.8. The van der Waals surface area contributed by atoms with E-state index in [1.807, 2.05) is 25.7 Å². The van der Waals surface area contributed by atoms with Crippen molar-refractivity contribution in [2.45, 2.75) is 71.8 Å². The first-order chi connectivity index (χ1) is 11.2. The van der Waals surface area contributed by atoms with Gasteiger partial charge in [-0.3, -0.25) is 4.79 Å². The predicted octanol–water partition coefficient (Wildman–Crippen LogP) is 3.67. The van der Waals surface area contributed by atoms with Gasteiger partial charge in [-0.25, -0.2) is 4.79 Å². The molecule has 0 radical (unpaired) electrons. The second-order valence-corrected chi connectivity index (χ2v) is 8.54. The highest BCUT2D eigenvalue weighted by Crippen LogP contribution is 2.24. The van der Waals surface area contributed by atoms with Gasteiger partial charge in [0.2, 0.25) is 5.91 Å². The Morgan fingerprint density at radius 2 is 1.71 bits per heavy atom. The van der Waals surface area contributed by atoms with Crippen molar-refractivity contribution in [2.24, 2.45) is 11.8 Å². The van der Waals surface area contributed by atoms with Crippen LogP contribution in [0.1, 0.15) is 66.2 Å². The fourth-order valence-corrected chi connectivity index (χ4v) is 3.63. The number of carbonyl (C=O) groups excluding carboxylic acids is 2. The highest BCUT2D eigenvalue weighted by atomic mass is 16.6. The molecule has 0 N–H and O–H groups in total. The molecule has 24 heavy (non-hydrogen) atoms. The molecule has 2 aliphatic heterocycles. The Morgan fingerprint density at radius 1 is 1.04 bits per heavy atom. The lowest BCUT2D eigenvalue weighted by Gasteiger charge is -2.34. The third-order valence-corrected chi connectivity index (χ3v) is 5.04. The summed E-state index contributed by atoms with van der Waals surface area (Å²) in [6, 6.07) is 0. The molecule has 0 bridgehead atoms. The van der Waals surface area contributed by atoms with Gasteiger partial charge in [-0.2, -0.15) is 0 Å². The Hall–Kier alpha value is -1.26. The van der Waals surface area contributed by atoms with Crippen molar-refractivity contribution in [3.8, 4) is 0 Å². The first-order valence-corrected chi connectivity index (χ1v) is 9.50. The summed E-state index contributed by atoms with van der Waals surface area (Å²) in [6.45, 7) is 11.3. The van der Waals surface area contributed by atoms with Gasteiger partial charge < -0.3 is 14.5 Å². The summed E-state index contributed by atoms with van der Waals surface area (Å²) in [5.41, 5.74) is -0.439. The van der Waals surface area contributed by atoms with Crippen molar-refractivity contribution in [1.29, 1.82) is 0 Å². The summed E-state index contributed by atoms with van der Waals surface area (Å²) in [5.74, 6) is 1.51. The molecule has 138 valence electrons. The average Bonchev–Trinajstić information content (AvgIpc) is 2.51. The van der Waals surface area contributed by atoms with Gasteiger partial charge >= 0.3 is 6.09 Å². The van der Waals surface area contributed by atoms with Gasteiger partial charge in [0.15, 0.2) is 0 Å². The van der Waals surface area contributed by atoms with Crippen LogP contribution in [0.15, 0.2) is 0 Å². The van der Waals surface area contributed by atoms with E-state index in [-0.39, 0.29) is 6.09 Å². The third-order valence-electron chi connectivity index (χ3n) is 5.04. The van der Waals surface area contributed by atoms with Crippen molar-refractivity contribution in [1.82, 2.24) is 9.80 Å². The zero-order chi connectivity index (χ0) is 17.7. The first-order valence-electron chi connectivity index (χ1n) is 9.50. The van der Waals surface area contributed by atoms with Crippen molar-refractivity contribution in [3.05, 3.63) is 0 Å². The van der Waals surface area contributed by atoms with E-state index in [9.17, 15) is 9.59 Å². The Morgan fingerprint density at radius 3 is 2.29 bits per heavy atom. The van der Waals surface area contributed by atoms with E-state index >= 15 is 0 Å². The molecule has 2 saturated heterocycles. The quantitative estimate of drug-likeness (QED) is 0.789. The number of amides is 2. The fraction of sp³-hybridized carbons (Fsp3) is 0.895. The summed E-state index contributed by atoms with van der Waals surface area (Å²) in [4.78, 5) is 28.3. The van der Waals surface area contributed by atoms with Crippen LogP contribution in [-0.2, 0) is 9.53 Å². The number of hydrogen-bond donors (Lipinski definition) is 0. The molecular formula is C19H34N2O3. The summed E-state index contributed by atoms with van der Waals surface area (Å²) in [5, 5.41) is 0. The number of ether oxygens (including phenoxy) is 1. The Balaban J connectivity index is 1.67. The predicted molar refractivity (Wildman–Crippen MR) is 94.7 cm³/mol. The molecule has 0 aromatic rings. The maximum absolute atomic E-state index is 12.4. The van der Waals surface area contributed by atoms with Crippen molar-refractivity contribution < 1.29 is 14.3 Å². The summed E-state index contributed by atoms with van der Waals surface area (Å²) < 4.78 is 5.43. The topological polar surface area (TPSA) is 49.9 Å². The number of carbonyl (C=O) groups is 2. The lowest BCUT2D eigenvalue weighted by Crippen LogP contribution is -2.42. The molecule has 2 rings (SSSR count). The summed E-state index contributed by atoms with van der Waals surface area (Å²) in [6.07, 6.45) is 5.73. The van der Waals surface area contributed by atoms with Crippen LogP contribution in [0.4, 0.5) is 4.79 Å². The number of nitrogens with zero attached hydrogens (tertiary/aromatic N) is 2. The molecule has 0 saturated carbocycles. The van der Waals surface area contributed by atoms with Gasteiger partial charge in [-0.1, -0.05) is 6.92 Å². The lowest BCUT2D eigenvalue weighted by molar-refractivity contribution is -0.133. The number of likely N-dealkylation sites (tertiary alicyclic amines) is 2. The minimum absolute atomic E-state index is 0.209. The van der Waals surface area contributed by atoms with Gasteiger partial charge in [0.05, 0.1) is 0 Å². The van der Waals surface area contributed by atoms with Crippen molar-refractivity contribution >= 4 is 12.0 Å². The van der Waals surface area contributed by atoms with Crippen LogP contribution in [-0.4, -0.2) is 53.6 Å². The second-order valence-electron chi connectivity index (χ2n) is 8.54. The number of rotatable bonds is 3. The maximum atomic E-state index is 12.4. The molecule has 0 unspecified atom stereocenters. The molecular weight excluding hydrogens is 304 g/mol. The minimum Gasteiger partial charge on any atom is -0.444 e. The molecule has 5 nitrogen and oxygen atoms in total. The molecule has 0 aromatic heterocycles. The van der Waals surface area contributed by atoms with Crippen LogP contribution in [0, 0.1) is 11.8 Å². The van der Waals surface area contributed by atoms with Gasteiger partial charge in [0.25, 0.3) is 0 Å². The van der Waals surface area contributed by atoms with Crippen molar-refractivity contribution in [3.63, 3.8) is 0 Å². The van der Waals surface area contributed by atoms with Gasteiger partial charge in [0.1, 0.15) is 5.60 Å². The van der Waals surface area contributed by atoms with E-state index in [0.717, 1.165) is 51.9 Å². The molecule has 0 aliphatic carbocycles. The van der Waals surface area contributed by atoms with Gasteiger partial charge in [0, 0.05) is 32.6 Å². The largest absolute Gasteiger partial charge is 0.444 e. The molecule has 2 fully saturated rings. The lowest BCUT2D eigenvalue weighted by atomic mass is 9.91. The molecule has 2 heterocycles. The fourth-order valence-electron chi connectivity index (χ4n) is 3.63. The highest BCUT2D eigenvalue weighted by molar-refractivity contribution is 5.76. The third kappa shape index (κ3) is 5.99. The molecule has 1 atom stereocenters. The Kier molecular flexibility index (Phi) is 6.53. The van der Waals surface area contributed by atoms with Crippen LogP contribution >= 0.6 is 0 Å². The van der Waals surface area contributed by atoms with Crippen molar-refractivity contribution in [2.75, 3.05) is 26.2 Å². The van der Waals surface area contributed by atoms with E-state index in [1.165, 1.54) is 6.42 Å².